The van der Waals surface area contributed by atoms with Crippen LogP contribution in [0, 0.1) is 0 Å². The summed E-state index contributed by atoms with van der Waals surface area (Å²) in [6.45, 7) is 2.76. The average Bonchev–Trinajstić information content (AvgIpc) is 3.23. The van der Waals surface area contributed by atoms with Gasteiger partial charge in [-0.3, -0.25) is 4.90 Å². The summed E-state index contributed by atoms with van der Waals surface area (Å²) in [7, 11) is -3.43. The predicted octanol–water partition coefficient (Wildman–Crippen LogP) is 0.132. The van der Waals surface area contributed by atoms with Crippen molar-refractivity contribution in [2.45, 2.75) is 23.8 Å². The van der Waals surface area contributed by atoms with E-state index in [-0.39, 0.29) is 10.7 Å². The summed E-state index contributed by atoms with van der Waals surface area (Å²) in [5, 5.41) is 0. The van der Waals surface area contributed by atoms with Gasteiger partial charge in [0.25, 0.3) is 0 Å². The number of pyridine rings is 1. The van der Waals surface area contributed by atoms with E-state index in [1.165, 1.54) is 31.2 Å². The maximum absolute atomic E-state index is 12.5. The van der Waals surface area contributed by atoms with E-state index < -0.39 is 10.0 Å². The van der Waals surface area contributed by atoms with Gasteiger partial charge in [0, 0.05) is 44.5 Å². The van der Waals surface area contributed by atoms with E-state index >= 15 is 0 Å². The fourth-order valence-electron chi connectivity index (χ4n) is 2.49. The van der Waals surface area contributed by atoms with Crippen LogP contribution in [0.2, 0.25) is 0 Å². The minimum atomic E-state index is -3.43. The number of aromatic nitrogens is 1. The van der Waals surface area contributed by atoms with Gasteiger partial charge >= 0.3 is 0 Å². The Kier molecular flexibility index (Phi) is 3.20. The predicted molar refractivity (Wildman–Crippen MR) is 72.0 cm³/mol. The van der Waals surface area contributed by atoms with Crippen LogP contribution in [-0.2, 0) is 10.0 Å². The van der Waals surface area contributed by atoms with Gasteiger partial charge in [-0.05, 0) is 18.9 Å². The molecule has 0 aromatic carbocycles. The lowest BCUT2D eigenvalue weighted by Crippen LogP contribution is -2.49. The molecule has 0 spiro atoms. The van der Waals surface area contributed by atoms with E-state index in [2.05, 4.69) is 9.88 Å². The fourth-order valence-corrected chi connectivity index (χ4v) is 3.93. The van der Waals surface area contributed by atoms with Crippen LogP contribution in [0.3, 0.4) is 0 Å². The third-order valence-corrected chi connectivity index (χ3v) is 5.62. The van der Waals surface area contributed by atoms with Gasteiger partial charge in [0.2, 0.25) is 10.0 Å². The average molecular weight is 282 g/mol. The highest BCUT2D eigenvalue weighted by Gasteiger charge is 2.34. The first-order valence-corrected chi connectivity index (χ1v) is 7.97. The van der Waals surface area contributed by atoms with E-state index in [4.69, 9.17) is 5.73 Å². The maximum Gasteiger partial charge on any atom is 0.243 e. The highest BCUT2D eigenvalue weighted by atomic mass is 32.2. The van der Waals surface area contributed by atoms with E-state index in [0.29, 0.717) is 19.1 Å². The second-order valence-corrected chi connectivity index (χ2v) is 7.03. The Labute approximate surface area is 113 Å². The van der Waals surface area contributed by atoms with Crippen molar-refractivity contribution in [3.8, 4) is 0 Å². The summed E-state index contributed by atoms with van der Waals surface area (Å²) in [5.74, 6) is 0.234. The number of hydrogen-bond donors (Lipinski definition) is 1. The molecule has 2 aliphatic rings. The highest BCUT2D eigenvalue weighted by molar-refractivity contribution is 7.89. The first kappa shape index (κ1) is 12.8. The van der Waals surface area contributed by atoms with Gasteiger partial charge in [-0.15, -0.1) is 0 Å². The molecule has 2 heterocycles. The molecule has 6 nitrogen and oxygen atoms in total. The first-order valence-electron chi connectivity index (χ1n) is 6.53. The molecule has 1 aromatic heterocycles. The third kappa shape index (κ3) is 2.58. The molecule has 2 N–H and O–H groups in total. The van der Waals surface area contributed by atoms with Crippen molar-refractivity contribution >= 4 is 15.8 Å². The molecule has 0 amide bonds. The van der Waals surface area contributed by atoms with Gasteiger partial charge in [0.05, 0.1) is 4.90 Å². The monoisotopic (exact) mass is 282 g/mol. The number of nitrogen functional groups attached to an aromatic ring is 1. The normalized spacial score (nSPS) is 22.5. The SMILES string of the molecule is Nc1cc(S(=O)(=O)N2CCN(C3CC3)CC2)ccn1. The van der Waals surface area contributed by atoms with Crippen molar-refractivity contribution in [1.82, 2.24) is 14.2 Å². The molecule has 0 bridgehead atoms. The summed E-state index contributed by atoms with van der Waals surface area (Å²) in [6.07, 6.45) is 3.95. The number of nitrogens with zero attached hydrogens (tertiary/aromatic N) is 3. The summed E-state index contributed by atoms with van der Waals surface area (Å²) in [6, 6.07) is 3.61. The van der Waals surface area contributed by atoms with Gasteiger partial charge < -0.3 is 5.73 Å². The number of hydrogen-bond acceptors (Lipinski definition) is 5. The lowest BCUT2D eigenvalue weighted by molar-refractivity contribution is 0.180. The van der Waals surface area contributed by atoms with Crippen LogP contribution < -0.4 is 5.73 Å². The van der Waals surface area contributed by atoms with Crippen molar-refractivity contribution in [2.24, 2.45) is 0 Å². The summed E-state index contributed by atoms with van der Waals surface area (Å²) >= 11 is 0. The molecule has 1 aliphatic heterocycles. The van der Waals surface area contributed by atoms with Gasteiger partial charge in [0.15, 0.2) is 0 Å². The van der Waals surface area contributed by atoms with Crippen LogP contribution in [-0.4, -0.2) is 54.8 Å². The van der Waals surface area contributed by atoms with Crippen molar-refractivity contribution in [2.75, 3.05) is 31.9 Å². The van der Waals surface area contributed by atoms with E-state index in [1.54, 1.807) is 4.31 Å². The smallest absolute Gasteiger partial charge is 0.243 e. The molecule has 1 saturated heterocycles. The Bertz CT molecular complexity index is 563. The Balaban J connectivity index is 1.74. The molecule has 0 atom stereocenters. The molecule has 104 valence electrons. The summed E-state index contributed by atoms with van der Waals surface area (Å²) in [4.78, 5) is 6.45. The minimum absolute atomic E-state index is 0.234. The number of nitrogens with two attached hydrogens (primary N) is 1. The van der Waals surface area contributed by atoms with Gasteiger partial charge in [-0.25, -0.2) is 13.4 Å². The topological polar surface area (TPSA) is 79.5 Å². The number of anilines is 1. The Morgan fingerprint density at radius 2 is 1.89 bits per heavy atom. The largest absolute Gasteiger partial charge is 0.384 e. The van der Waals surface area contributed by atoms with E-state index in [9.17, 15) is 8.42 Å². The van der Waals surface area contributed by atoms with Crippen molar-refractivity contribution in [1.29, 1.82) is 0 Å². The van der Waals surface area contributed by atoms with Crippen LogP contribution in [0.15, 0.2) is 23.2 Å². The first-order chi connectivity index (χ1) is 9.07. The molecular formula is C12H18N4O2S. The molecule has 3 rings (SSSR count). The van der Waals surface area contributed by atoms with Crippen molar-refractivity contribution < 1.29 is 8.42 Å². The molecule has 1 aromatic rings. The lowest BCUT2D eigenvalue weighted by Gasteiger charge is -2.34. The van der Waals surface area contributed by atoms with Crippen molar-refractivity contribution in [3.05, 3.63) is 18.3 Å². The summed E-state index contributed by atoms with van der Waals surface area (Å²) in [5.41, 5.74) is 5.55. The van der Waals surface area contributed by atoms with Gasteiger partial charge in [-0.1, -0.05) is 0 Å². The van der Waals surface area contributed by atoms with Gasteiger partial charge in [0.1, 0.15) is 5.82 Å². The zero-order valence-electron chi connectivity index (χ0n) is 10.7. The standard InChI is InChI=1S/C12H18N4O2S/c13-12-9-11(3-4-14-12)19(17,18)16-7-5-15(6-8-16)10-1-2-10/h3-4,9-10H,1-2,5-8H2,(H2,13,14). The molecule has 1 saturated carbocycles. The van der Waals surface area contributed by atoms with E-state index in [0.717, 1.165) is 13.1 Å². The third-order valence-electron chi connectivity index (χ3n) is 3.73. The van der Waals surface area contributed by atoms with E-state index in [1.807, 2.05) is 0 Å². The summed E-state index contributed by atoms with van der Waals surface area (Å²) < 4.78 is 26.5. The Morgan fingerprint density at radius 3 is 2.47 bits per heavy atom. The maximum atomic E-state index is 12.5. The highest BCUT2D eigenvalue weighted by Crippen LogP contribution is 2.28. The second-order valence-electron chi connectivity index (χ2n) is 5.09. The van der Waals surface area contributed by atoms with Crippen LogP contribution in [0.25, 0.3) is 0 Å². The molecule has 0 unspecified atom stereocenters. The second kappa shape index (κ2) is 4.73. The molecular weight excluding hydrogens is 264 g/mol. The van der Waals surface area contributed by atoms with Crippen LogP contribution in [0.4, 0.5) is 5.82 Å². The lowest BCUT2D eigenvalue weighted by atomic mass is 10.3. The molecule has 2 fully saturated rings. The fraction of sp³-hybridized carbons (Fsp3) is 0.583. The molecule has 19 heavy (non-hydrogen) atoms. The Hall–Kier alpha value is -1.18. The zero-order chi connectivity index (χ0) is 13.5. The molecule has 1 aliphatic carbocycles. The van der Waals surface area contributed by atoms with Gasteiger partial charge in [-0.2, -0.15) is 4.31 Å². The Morgan fingerprint density at radius 1 is 1.21 bits per heavy atom. The van der Waals surface area contributed by atoms with Crippen LogP contribution in [0.1, 0.15) is 12.8 Å². The number of piperazine rings is 1. The molecule has 7 heteroatoms. The zero-order valence-corrected chi connectivity index (χ0v) is 11.5. The number of rotatable bonds is 3. The number of sulfonamides is 1. The van der Waals surface area contributed by atoms with Crippen LogP contribution in [0.5, 0.6) is 0 Å². The minimum Gasteiger partial charge on any atom is -0.384 e. The quantitative estimate of drug-likeness (QED) is 0.852. The van der Waals surface area contributed by atoms with Crippen LogP contribution >= 0.6 is 0 Å². The molecule has 0 radical (unpaired) electrons. The van der Waals surface area contributed by atoms with Crippen molar-refractivity contribution in [3.63, 3.8) is 0 Å².